The lowest BCUT2D eigenvalue weighted by Crippen LogP contribution is -2.37. The molecule has 4 aliphatic rings. The molecule has 1 saturated heterocycles. The molecular formula is C30H29ClN4O4. The van der Waals surface area contributed by atoms with Crippen LogP contribution < -0.4 is 5.32 Å². The Morgan fingerprint density at radius 2 is 1.79 bits per heavy atom. The number of imide groups is 1. The highest BCUT2D eigenvalue weighted by Crippen LogP contribution is 2.36. The Labute approximate surface area is 231 Å². The molecule has 39 heavy (non-hydrogen) atoms. The zero-order valence-electron chi connectivity index (χ0n) is 21.5. The number of halogens is 1. The molecule has 1 fully saturated rings. The smallest absolute Gasteiger partial charge is 0.261 e. The Hall–Kier alpha value is -3.59. The largest absolute Gasteiger partial charge is 0.386 e. The molecule has 3 aliphatic heterocycles. The van der Waals surface area contributed by atoms with Gasteiger partial charge in [-0.2, -0.15) is 0 Å². The van der Waals surface area contributed by atoms with Gasteiger partial charge in [-0.3, -0.25) is 24.3 Å². The Balaban J connectivity index is 1.23. The van der Waals surface area contributed by atoms with Crippen LogP contribution in [0.15, 0.2) is 64.8 Å². The van der Waals surface area contributed by atoms with Gasteiger partial charge in [0.25, 0.3) is 11.8 Å². The first-order valence-electron chi connectivity index (χ1n) is 13.3. The van der Waals surface area contributed by atoms with Crippen molar-refractivity contribution in [2.75, 3.05) is 38.0 Å². The molecule has 2 aromatic rings. The summed E-state index contributed by atoms with van der Waals surface area (Å²) in [5, 5.41) is 14.5. The molecule has 8 nitrogen and oxygen atoms in total. The number of likely N-dealkylation sites (tertiary alicyclic amines) is 1. The van der Waals surface area contributed by atoms with Gasteiger partial charge < -0.3 is 15.3 Å². The minimum atomic E-state index is -0.866. The minimum absolute atomic E-state index is 0.0710. The fourth-order valence-corrected chi connectivity index (χ4v) is 5.91. The highest BCUT2D eigenvalue weighted by atomic mass is 35.5. The molecule has 2 N–H and O–H groups in total. The van der Waals surface area contributed by atoms with E-state index in [9.17, 15) is 19.5 Å². The molecule has 2 aromatic carbocycles. The van der Waals surface area contributed by atoms with Crippen molar-refractivity contribution in [1.82, 2.24) is 9.80 Å². The van der Waals surface area contributed by atoms with Crippen molar-refractivity contribution in [2.24, 2.45) is 4.99 Å². The van der Waals surface area contributed by atoms with Gasteiger partial charge in [-0.1, -0.05) is 29.8 Å². The van der Waals surface area contributed by atoms with Crippen molar-refractivity contribution in [3.8, 4) is 0 Å². The van der Waals surface area contributed by atoms with E-state index in [1.807, 2.05) is 0 Å². The first-order chi connectivity index (χ1) is 18.9. The van der Waals surface area contributed by atoms with Crippen LogP contribution in [0.25, 0.3) is 0 Å². The number of carbonyl (C=O) groups is 3. The maximum absolute atomic E-state index is 13.1. The number of nitrogens with one attached hydrogen (secondary N) is 1. The van der Waals surface area contributed by atoms with Gasteiger partial charge in [0.2, 0.25) is 0 Å². The Morgan fingerprint density at radius 3 is 2.56 bits per heavy atom. The van der Waals surface area contributed by atoms with Crippen LogP contribution in [0.1, 0.15) is 57.2 Å². The quantitative estimate of drug-likeness (QED) is 0.422. The lowest BCUT2D eigenvalue weighted by molar-refractivity contribution is -0.114. The molecule has 1 aliphatic carbocycles. The molecule has 6 rings (SSSR count). The zero-order valence-corrected chi connectivity index (χ0v) is 22.2. The summed E-state index contributed by atoms with van der Waals surface area (Å²) in [5.41, 5.74) is 4.70. The number of hydrogen-bond acceptors (Lipinski definition) is 7. The lowest BCUT2D eigenvalue weighted by atomic mass is 9.93. The standard InChI is InChI=1S/C30H29ClN4O4/c31-20-6-3-5-18(13-20)27(37)17-32-23-7-4-8-26(36)28(23)25-15-19-14-21-22(16-24(19)33-25)30(39)35(29(21)38)12-11-34-9-1-2-10-34/h3-7,13-14,16,27,33,37H,1-2,8-12,15,17H2/t27-/m1/s1. The van der Waals surface area contributed by atoms with Crippen LogP contribution >= 0.6 is 11.6 Å². The van der Waals surface area contributed by atoms with Crippen LogP contribution in [-0.2, 0) is 11.2 Å². The molecule has 2 amide bonds. The van der Waals surface area contributed by atoms with Crippen molar-refractivity contribution < 1.29 is 19.5 Å². The predicted molar refractivity (Wildman–Crippen MR) is 149 cm³/mol. The summed E-state index contributed by atoms with van der Waals surface area (Å²) in [6, 6.07) is 10.5. The van der Waals surface area contributed by atoms with Gasteiger partial charge >= 0.3 is 0 Å². The van der Waals surface area contributed by atoms with Crippen molar-refractivity contribution >= 4 is 40.6 Å². The highest BCUT2D eigenvalue weighted by Gasteiger charge is 2.38. The molecule has 1 atom stereocenters. The molecule has 0 aromatic heterocycles. The summed E-state index contributed by atoms with van der Waals surface area (Å²) in [5.74, 6) is -0.600. The first kappa shape index (κ1) is 25.7. The number of allylic oxidation sites excluding steroid dienone is 4. The van der Waals surface area contributed by atoms with Crippen LogP contribution in [0, 0.1) is 0 Å². The Kier molecular flexibility index (Phi) is 6.93. The van der Waals surface area contributed by atoms with Gasteiger partial charge in [0.15, 0.2) is 5.78 Å². The number of carbonyl (C=O) groups excluding carboxylic acids is 3. The third kappa shape index (κ3) is 4.95. The van der Waals surface area contributed by atoms with E-state index in [1.165, 1.54) is 4.90 Å². The third-order valence-electron chi connectivity index (χ3n) is 7.77. The molecule has 0 bridgehead atoms. The number of aliphatic hydroxyl groups excluding tert-OH is 1. The monoisotopic (exact) mass is 544 g/mol. The van der Waals surface area contributed by atoms with Gasteiger partial charge in [0.05, 0.1) is 35.1 Å². The number of benzene rings is 2. The fraction of sp³-hybridized carbons (Fsp3) is 0.333. The Bertz CT molecular complexity index is 1420. The molecule has 3 heterocycles. The molecule has 0 radical (unpaired) electrons. The molecule has 9 heteroatoms. The number of amides is 2. The predicted octanol–water partition coefficient (Wildman–Crippen LogP) is 3.96. The number of fused-ring (bicyclic) bond motifs is 2. The second-order valence-electron chi connectivity index (χ2n) is 10.3. The lowest BCUT2D eigenvalue weighted by Gasteiger charge is -2.19. The number of rotatable bonds is 6. The Morgan fingerprint density at radius 1 is 1.03 bits per heavy atom. The van der Waals surface area contributed by atoms with Crippen LogP contribution in [0.5, 0.6) is 0 Å². The second-order valence-corrected chi connectivity index (χ2v) is 10.8. The van der Waals surface area contributed by atoms with Crippen LogP contribution in [0.3, 0.4) is 0 Å². The van der Waals surface area contributed by atoms with Gasteiger partial charge in [-0.05, 0) is 67.4 Å². The number of hydrogen-bond donors (Lipinski definition) is 2. The van der Waals surface area contributed by atoms with Crippen LogP contribution in [0.2, 0.25) is 5.02 Å². The van der Waals surface area contributed by atoms with E-state index in [2.05, 4.69) is 15.2 Å². The van der Waals surface area contributed by atoms with Crippen LogP contribution in [-0.4, -0.2) is 70.9 Å². The topological polar surface area (TPSA) is 102 Å². The van der Waals surface area contributed by atoms with E-state index in [0.717, 1.165) is 37.2 Å². The number of aliphatic imine (C=N–C) groups is 1. The number of aliphatic hydroxyl groups is 1. The third-order valence-corrected chi connectivity index (χ3v) is 8.00. The van der Waals surface area contributed by atoms with E-state index >= 15 is 0 Å². The van der Waals surface area contributed by atoms with Crippen molar-refractivity contribution in [3.05, 3.63) is 87.1 Å². The summed E-state index contributed by atoms with van der Waals surface area (Å²) in [6.45, 7) is 3.18. The van der Waals surface area contributed by atoms with E-state index in [-0.39, 0.29) is 30.6 Å². The van der Waals surface area contributed by atoms with E-state index < -0.39 is 6.10 Å². The van der Waals surface area contributed by atoms with Crippen LogP contribution in [0.4, 0.5) is 5.69 Å². The van der Waals surface area contributed by atoms with E-state index in [0.29, 0.717) is 58.2 Å². The summed E-state index contributed by atoms with van der Waals surface area (Å²) in [6.07, 6.45) is 5.69. The highest BCUT2D eigenvalue weighted by molar-refractivity contribution is 6.30. The van der Waals surface area contributed by atoms with Gasteiger partial charge in [-0.15, -0.1) is 0 Å². The molecule has 0 spiro atoms. The first-order valence-corrected chi connectivity index (χ1v) is 13.7. The number of ketones is 1. The summed E-state index contributed by atoms with van der Waals surface area (Å²) >= 11 is 6.05. The average Bonchev–Trinajstić information content (AvgIpc) is 3.64. The molecule has 200 valence electrons. The van der Waals surface area contributed by atoms with E-state index in [1.54, 1.807) is 48.6 Å². The number of anilines is 1. The van der Waals surface area contributed by atoms with Crippen molar-refractivity contribution in [1.29, 1.82) is 0 Å². The normalized spacial score (nSPS) is 22.6. The maximum atomic E-state index is 13.1. The summed E-state index contributed by atoms with van der Waals surface area (Å²) in [4.78, 5) is 47.5. The molecular weight excluding hydrogens is 516 g/mol. The van der Waals surface area contributed by atoms with Crippen molar-refractivity contribution in [3.63, 3.8) is 0 Å². The number of nitrogens with zero attached hydrogens (tertiary/aromatic N) is 3. The SMILES string of the molecule is O=C1CC=CC(=NC[C@@H](O)c2cccc(Cl)c2)C1=C1Cc2cc3c(cc2N1)C(=O)N(CCN1CCCC1)C3=O. The van der Waals surface area contributed by atoms with Gasteiger partial charge in [0.1, 0.15) is 0 Å². The van der Waals surface area contributed by atoms with Gasteiger partial charge in [0, 0.05) is 42.3 Å². The average molecular weight is 545 g/mol. The van der Waals surface area contributed by atoms with E-state index in [4.69, 9.17) is 11.6 Å². The zero-order chi connectivity index (χ0) is 27.1. The maximum Gasteiger partial charge on any atom is 0.261 e. The number of Topliss-reactive ketones (excluding diaryl/α,β-unsaturated/α-hetero) is 1. The molecule has 0 saturated carbocycles. The minimum Gasteiger partial charge on any atom is -0.386 e. The molecule has 0 unspecified atom stereocenters. The fourth-order valence-electron chi connectivity index (χ4n) is 5.71. The summed E-state index contributed by atoms with van der Waals surface area (Å²) in [7, 11) is 0. The second kappa shape index (κ2) is 10.5. The summed E-state index contributed by atoms with van der Waals surface area (Å²) < 4.78 is 0. The van der Waals surface area contributed by atoms with Gasteiger partial charge in [-0.25, -0.2) is 0 Å². The van der Waals surface area contributed by atoms with Crippen molar-refractivity contribution in [2.45, 2.75) is 31.8 Å².